The molecule has 0 unspecified atom stereocenters. The monoisotopic (exact) mass is 371 g/mol. The highest BCUT2D eigenvalue weighted by atomic mass is 19.4. The summed E-state index contributed by atoms with van der Waals surface area (Å²) in [4.78, 5) is 11.5. The van der Waals surface area contributed by atoms with Crippen LogP contribution in [-0.2, 0) is 0 Å². The van der Waals surface area contributed by atoms with Crippen molar-refractivity contribution in [2.75, 3.05) is 28.3 Å². The average Bonchev–Trinajstić information content (AvgIpc) is 2.59. The Bertz CT molecular complexity index is 774. The van der Waals surface area contributed by atoms with E-state index in [9.17, 15) is 13.2 Å². The highest BCUT2D eigenvalue weighted by Gasteiger charge is 2.39. The Balaban J connectivity index is 2.50. The molecule has 140 valence electrons. The van der Waals surface area contributed by atoms with Gasteiger partial charge in [0.25, 0.3) is 0 Å². The first-order valence-electron chi connectivity index (χ1n) is 7.19. The van der Waals surface area contributed by atoms with E-state index >= 15 is 0 Å². The van der Waals surface area contributed by atoms with Crippen LogP contribution in [0.5, 0.6) is 23.8 Å². The first-order chi connectivity index (χ1) is 12.2. The predicted octanol–water partition coefficient (Wildman–Crippen LogP) is 2.51. The van der Waals surface area contributed by atoms with Crippen LogP contribution in [0.4, 0.5) is 13.2 Å². The van der Waals surface area contributed by atoms with Crippen molar-refractivity contribution in [1.29, 1.82) is 0 Å². The first-order valence-corrected chi connectivity index (χ1v) is 7.19. The molecule has 0 atom stereocenters. The predicted molar refractivity (Wildman–Crippen MR) is 85.7 cm³/mol. The molecule has 1 aromatic heterocycles. The van der Waals surface area contributed by atoms with Crippen LogP contribution in [0.15, 0.2) is 29.4 Å². The molecule has 0 aliphatic carbocycles. The van der Waals surface area contributed by atoms with Gasteiger partial charge in [0.05, 0.1) is 14.2 Å². The van der Waals surface area contributed by atoms with E-state index in [1.807, 2.05) is 0 Å². The van der Waals surface area contributed by atoms with Crippen LogP contribution >= 0.6 is 0 Å². The second-order valence-corrected chi connectivity index (χ2v) is 4.98. The minimum Gasteiger partial charge on any atom is -0.467 e. The van der Waals surface area contributed by atoms with Crippen molar-refractivity contribution < 1.29 is 27.4 Å². The summed E-state index contributed by atoms with van der Waals surface area (Å²) in [5, 5.41) is 4.58. The number of aromatic nitrogens is 3. The quantitative estimate of drug-likeness (QED) is 0.570. The molecule has 0 aliphatic heterocycles. The second-order valence-electron chi connectivity index (χ2n) is 4.98. The lowest BCUT2D eigenvalue weighted by Gasteiger charge is -2.16. The van der Waals surface area contributed by atoms with Gasteiger partial charge in [-0.05, 0) is 12.1 Å². The summed E-state index contributed by atoms with van der Waals surface area (Å²) in [6, 6.07) is 5.03. The maximum Gasteiger partial charge on any atom is 0.435 e. The normalized spacial score (nSPS) is 11.9. The van der Waals surface area contributed by atoms with Gasteiger partial charge in [0.1, 0.15) is 5.75 Å². The molecule has 2 rings (SSSR count). The van der Waals surface area contributed by atoms with E-state index in [0.29, 0.717) is 0 Å². The molecule has 0 amide bonds. The van der Waals surface area contributed by atoms with Gasteiger partial charge in [0, 0.05) is 19.7 Å². The summed E-state index contributed by atoms with van der Waals surface area (Å²) in [5.41, 5.74) is -1.39. The van der Waals surface area contributed by atoms with E-state index in [0.717, 1.165) is 5.01 Å². The van der Waals surface area contributed by atoms with E-state index in [-0.39, 0.29) is 29.3 Å². The molecule has 8 nitrogen and oxygen atoms in total. The molecular formula is C15H16F3N5O3. The van der Waals surface area contributed by atoms with Crippen LogP contribution < -0.4 is 14.2 Å². The average molecular weight is 371 g/mol. The van der Waals surface area contributed by atoms with Crippen molar-refractivity contribution in [2.45, 2.75) is 6.18 Å². The van der Waals surface area contributed by atoms with Crippen molar-refractivity contribution in [3.8, 4) is 23.8 Å². The van der Waals surface area contributed by atoms with Gasteiger partial charge in [-0.25, -0.2) is 0 Å². The Kier molecular flexibility index (Phi) is 5.80. The highest BCUT2D eigenvalue weighted by Crippen LogP contribution is 2.31. The zero-order chi connectivity index (χ0) is 19.3. The molecule has 1 aromatic carbocycles. The van der Waals surface area contributed by atoms with Gasteiger partial charge >= 0.3 is 24.2 Å². The molecule has 26 heavy (non-hydrogen) atoms. The summed E-state index contributed by atoms with van der Waals surface area (Å²) in [6.07, 6.45) is -4.70. The number of hydrogen-bond acceptors (Lipinski definition) is 8. The van der Waals surface area contributed by atoms with Crippen molar-refractivity contribution in [3.63, 3.8) is 0 Å². The Hall–Kier alpha value is -3.11. The van der Waals surface area contributed by atoms with Crippen molar-refractivity contribution in [3.05, 3.63) is 29.8 Å². The number of halogens is 3. The zero-order valence-corrected chi connectivity index (χ0v) is 14.4. The molecule has 0 radical (unpaired) electrons. The molecule has 0 aliphatic rings. The van der Waals surface area contributed by atoms with Gasteiger partial charge in [0.15, 0.2) is 5.71 Å². The molecule has 0 N–H and O–H groups in total. The lowest BCUT2D eigenvalue weighted by molar-refractivity contribution is -0.0592. The number of hydrazone groups is 1. The molecule has 11 heteroatoms. The molecule has 0 spiro atoms. The van der Waals surface area contributed by atoms with Gasteiger partial charge in [-0.1, -0.05) is 12.1 Å². The summed E-state index contributed by atoms with van der Waals surface area (Å²) < 4.78 is 55.5. The highest BCUT2D eigenvalue weighted by molar-refractivity contribution is 6.06. The number of hydrogen-bond donors (Lipinski definition) is 0. The summed E-state index contributed by atoms with van der Waals surface area (Å²) >= 11 is 0. The van der Waals surface area contributed by atoms with Crippen LogP contribution in [0.3, 0.4) is 0 Å². The van der Waals surface area contributed by atoms with Crippen molar-refractivity contribution in [1.82, 2.24) is 20.0 Å². The maximum atomic E-state index is 13.4. The third-order valence-electron chi connectivity index (χ3n) is 2.85. The number of benzene rings is 1. The van der Waals surface area contributed by atoms with Crippen molar-refractivity contribution in [2.24, 2.45) is 5.10 Å². The summed E-state index contributed by atoms with van der Waals surface area (Å²) in [6.45, 7) is 0. The number of nitrogens with zero attached hydrogens (tertiary/aromatic N) is 5. The third-order valence-corrected chi connectivity index (χ3v) is 2.85. The smallest absolute Gasteiger partial charge is 0.435 e. The number of para-hydroxylation sites is 1. The zero-order valence-electron chi connectivity index (χ0n) is 14.4. The lowest BCUT2D eigenvalue weighted by Crippen LogP contribution is -2.27. The number of rotatable bonds is 6. The Morgan fingerprint density at radius 1 is 0.962 bits per heavy atom. The molecule has 0 fully saturated rings. The van der Waals surface area contributed by atoms with Gasteiger partial charge in [-0.3, -0.25) is 0 Å². The topological polar surface area (TPSA) is 82.0 Å². The molecule has 1 heterocycles. The number of ether oxygens (including phenoxy) is 3. The third kappa shape index (κ3) is 4.71. The van der Waals surface area contributed by atoms with E-state index < -0.39 is 11.9 Å². The lowest BCUT2D eigenvalue weighted by atomic mass is 10.1. The van der Waals surface area contributed by atoms with Crippen molar-refractivity contribution >= 4 is 5.71 Å². The van der Waals surface area contributed by atoms with Crippen LogP contribution in [0.1, 0.15) is 5.56 Å². The Labute approximate surface area is 147 Å². The van der Waals surface area contributed by atoms with Gasteiger partial charge in [0.2, 0.25) is 0 Å². The van der Waals surface area contributed by atoms with Crippen LogP contribution in [0.2, 0.25) is 0 Å². The van der Waals surface area contributed by atoms with Gasteiger partial charge < -0.3 is 19.2 Å². The van der Waals surface area contributed by atoms with E-state index in [4.69, 9.17) is 14.2 Å². The van der Waals surface area contributed by atoms with E-state index in [1.165, 1.54) is 52.6 Å². The van der Waals surface area contributed by atoms with E-state index in [1.54, 1.807) is 0 Å². The summed E-state index contributed by atoms with van der Waals surface area (Å²) in [7, 11) is 5.41. The minimum absolute atomic E-state index is 0.109. The fourth-order valence-electron chi connectivity index (χ4n) is 1.86. The molecule has 2 aromatic rings. The number of methoxy groups -OCH3 is 2. The second kappa shape index (κ2) is 7.85. The molecule has 0 saturated heterocycles. The SMILES string of the molecule is COc1nc(OC)nc(Oc2ccccc2/C(=N/N(C)C)C(F)(F)F)n1. The number of alkyl halides is 3. The first kappa shape index (κ1) is 19.2. The van der Waals surface area contributed by atoms with Crippen LogP contribution in [-0.4, -0.2) is 60.2 Å². The van der Waals surface area contributed by atoms with Crippen LogP contribution in [0, 0.1) is 0 Å². The fourth-order valence-corrected chi connectivity index (χ4v) is 1.86. The standard InChI is InChI=1S/C15H16F3N5O3/c1-23(2)22-11(15(16,17)18)9-7-5-6-8-10(9)26-14-20-12(24-3)19-13(21-14)25-4/h5-8H,1-4H3/b22-11-. The van der Waals surface area contributed by atoms with Gasteiger partial charge in [-0.15, -0.1) is 15.0 Å². The van der Waals surface area contributed by atoms with E-state index in [2.05, 4.69) is 20.1 Å². The fraction of sp³-hybridized carbons (Fsp3) is 0.333. The molecular weight excluding hydrogens is 355 g/mol. The van der Waals surface area contributed by atoms with Gasteiger partial charge in [-0.2, -0.15) is 18.3 Å². The molecule has 0 bridgehead atoms. The maximum absolute atomic E-state index is 13.4. The minimum atomic E-state index is -4.70. The largest absolute Gasteiger partial charge is 0.467 e. The Morgan fingerprint density at radius 3 is 2.00 bits per heavy atom. The summed E-state index contributed by atoms with van der Waals surface area (Å²) in [5.74, 6) is -0.138. The molecule has 0 saturated carbocycles. The van der Waals surface area contributed by atoms with Crippen LogP contribution in [0.25, 0.3) is 0 Å². The Morgan fingerprint density at radius 2 is 1.50 bits per heavy atom.